The van der Waals surface area contributed by atoms with Crippen LogP contribution in [-0.4, -0.2) is 15.0 Å². The predicted molar refractivity (Wildman–Crippen MR) is 55.8 cm³/mol. The van der Waals surface area contributed by atoms with Crippen molar-refractivity contribution in [2.45, 2.75) is 5.75 Å². The lowest BCUT2D eigenvalue weighted by molar-refractivity contribution is 1.17. The van der Waals surface area contributed by atoms with Gasteiger partial charge >= 0.3 is 0 Å². The fraction of sp³-hybridized carbons (Fsp3) is 0.125. The number of thiol groups is 1. The lowest BCUT2D eigenvalue weighted by Gasteiger charge is -1.91. The predicted octanol–water partition coefficient (Wildman–Crippen LogP) is 2.03. The van der Waals surface area contributed by atoms with Gasteiger partial charge in [-0.15, -0.1) is 11.3 Å². The molecule has 0 saturated carbocycles. The molecule has 0 saturated heterocycles. The number of hydrogen-bond acceptors (Lipinski definition) is 5. The van der Waals surface area contributed by atoms with E-state index in [0.29, 0.717) is 5.75 Å². The van der Waals surface area contributed by atoms with Gasteiger partial charge in [-0.25, -0.2) is 4.98 Å². The minimum Gasteiger partial charge on any atom is -0.261 e. The van der Waals surface area contributed by atoms with Crippen molar-refractivity contribution in [2.24, 2.45) is 0 Å². The maximum Gasteiger partial charge on any atom is 0.143 e. The van der Waals surface area contributed by atoms with Gasteiger partial charge in [0.25, 0.3) is 0 Å². The lowest BCUT2D eigenvalue weighted by Crippen LogP contribution is -1.83. The molecule has 66 valence electrons. The molecule has 0 bridgehead atoms. The fourth-order valence-corrected chi connectivity index (χ4v) is 1.97. The summed E-state index contributed by atoms with van der Waals surface area (Å²) in [5.41, 5.74) is 1.80. The summed E-state index contributed by atoms with van der Waals surface area (Å²) in [5.74, 6) is 0.663. The van der Waals surface area contributed by atoms with Gasteiger partial charge in [0.05, 0.1) is 11.9 Å². The summed E-state index contributed by atoms with van der Waals surface area (Å²) < 4.78 is 0. The number of thiazole rings is 1. The smallest absolute Gasteiger partial charge is 0.143 e. The monoisotopic (exact) mass is 209 g/mol. The third-order valence-electron chi connectivity index (χ3n) is 1.50. The van der Waals surface area contributed by atoms with Crippen LogP contribution in [-0.2, 0) is 5.75 Å². The van der Waals surface area contributed by atoms with Crippen LogP contribution in [0, 0.1) is 0 Å². The van der Waals surface area contributed by atoms with E-state index in [-0.39, 0.29) is 0 Å². The molecule has 0 aromatic carbocycles. The number of rotatable bonds is 2. The molecule has 0 amide bonds. The van der Waals surface area contributed by atoms with Crippen molar-refractivity contribution >= 4 is 24.0 Å². The molecule has 2 rings (SSSR count). The molecule has 0 unspecified atom stereocenters. The Morgan fingerprint density at radius 3 is 2.92 bits per heavy atom. The molecule has 0 fully saturated rings. The highest BCUT2D eigenvalue weighted by Gasteiger charge is 2.03. The van der Waals surface area contributed by atoms with Gasteiger partial charge in [0.1, 0.15) is 10.7 Å². The first-order valence-electron chi connectivity index (χ1n) is 3.72. The van der Waals surface area contributed by atoms with E-state index < -0.39 is 0 Å². The van der Waals surface area contributed by atoms with E-state index in [9.17, 15) is 0 Å². The topological polar surface area (TPSA) is 38.7 Å². The van der Waals surface area contributed by atoms with Crippen LogP contribution in [0.3, 0.4) is 0 Å². The van der Waals surface area contributed by atoms with E-state index >= 15 is 0 Å². The summed E-state index contributed by atoms with van der Waals surface area (Å²) in [7, 11) is 0. The van der Waals surface area contributed by atoms with E-state index in [1.807, 2.05) is 5.38 Å². The summed E-state index contributed by atoms with van der Waals surface area (Å²) >= 11 is 5.71. The average molecular weight is 209 g/mol. The average Bonchev–Trinajstić information content (AvgIpc) is 2.67. The van der Waals surface area contributed by atoms with Crippen molar-refractivity contribution in [3.05, 3.63) is 29.7 Å². The Labute approximate surface area is 85.3 Å². The molecular formula is C8H7N3S2. The van der Waals surface area contributed by atoms with Crippen molar-refractivity contribution in [1.82, 2.24) is 15.0 Å². The first-order chi connectivity index (χ1) is 6.40. The van der Waals surface area contributed by atoms with Crippen molar-refractivity contribution in [3.8, 4) is 10.7 Å². The zero-order valence-corrected chi connectivity index (χ0v) is 8.42. The first-order valence-corrected chi connectivity index (χ1v) is 5.23. The van der Waals surface area contributed by atoms with Crippen LogP contribution in [0.2, 0.25) is 0 Å². The first kappa shape index (κ1) is 8.65. The molecule has 3 nitrogen and oxygen atoms in total. The van der Waals surface area contributed by atoms with Crippen molar-refractivity contribution in [3.63, 3.8) is 0 Å². The summed E-state index contributed by atoms with van der Waals surface area (Å²) in [6.07, 6.45) is 5.02. The zero-order valence-electron chi connectivity index (χ0n) is 6.71. The SMILES string of the molecule is SCc1csc(-c2cnccn2)n1. The van der Waals surface area contributed by atoms with Crippen LogP contribution in [0.15, 0.2) is 24.0 Å². The Morgan fingerprint density at radius 1 is 1.38 bits per heavy atom. The summed E-state index contributed by atoms with van der Waals surface area (Å²) in [4.78, 5) is 12.5. The second kappa shape index (κ2) is 3.85. The third kappa shape index (κ3) is 1.87. The van der Waals surface area contributed by atoms with Gasteiger partial charge in [0.15, 0.2) is 0 Å². The van der Waals surface area contributed by atoms with Gasteiger partial charge in [-0.2, -0.15) is 12.6 Å². The normalized spacial score (nSPS) is 10.2. The largest absolute Gasteiger partial charge is 0.261 e. The maximum atomic E-state index is 4.34. The minimum atomic E-state index is 0.663. The van der Waals surface area contributed by atoms with Crippen molar-refractivity contribution < 1.29 is 0 Å². The summed E-state index contributed by atoms with van der Waals surface area (Å²) in [6.45, 7) is 0. The van der Waals surface area contributed by atoms with Gasteiger partial charge in [-0.3, -0.25) is 9.97 Å². The molecule has 2 aromatic heterocycles. The second-order valence-corrected chi connectivity index (χ2v) is 3.57. The van der Waals surface area contributed by atoms with Crippen LogP contribution in [0.5, 0.6) is 0 Å². The van der Waals surface area contributed by atoms with Gasteiger partial charge < -0.3 is 0 Å². The molecule has 0 N–H and O–H groups in total. The standard InChI is InChI=1S/C8H7N3S2/c12-4-6-5-13-8(11-6)7-3-9-1-2-10-7/h1-3,5,12H,4H2. The lowest BCUT2D eigenvalue weighted by atomic mass is 10.4. The molecule has 5 heteroatoms. The second-order valence-electron chi connectivity index (χ2n) is 2.39. The summed E-state index contributed by atoms with van der Waals surface area (Å²) in [5, 5.41) is 2.88. The van der Waals surface area contributed by atoms with Crippen LogP contribution >= 0.6 is 24.0 Å². The Morgan fingerprint density at radius 2 is 2.31 bits per heavy atom. The van der Waals surface area contributed by atoms with Gasteiger partial charge in [0, 0.05) is 23.5 Å². The number of hydrogen-bond donors (Lipinski definition) is 1. The van der Waals surface area contributed by atoms with Gasteiger partial charge in [0.2, 0.25) is 0 Å². The number of aromatic nitrogens is 3. The molecule has 0 aliphatic rings. The molecule has 2 aromatic rings. The van der Waals surface area contributed by atoms with Crippen LogP contribution in [0.4, 0.5) is 0 Å². The zero-order chi connectivity index (χ0) is 9.10. The third-order valence-corrected chi connectivity index (χ3v) is 2.73. The van der Waals surface area contributed by atoms with E-state index in [1.54, 1.807) is 29.9 Å². The van der Waals surface area contributed by atoms with Crippen molar-refractivity contribution in [2.75, 3.05) is 0 Å². The Balaban J connectivity index is 2.36. The van der Waals surface area contributed by atoms with Crippen LogP contribution in [0.25, 0.3) is 10.7 Å². The molecular weight excluding hydrogens is 202 g/mol. The molecule has 0 radical (unpaired) electrons. The molecule has 13 heavy (non-hydrogen) atoms. The van der Waals surface area contributed by atoms with Crippen LogP contribution in [0.1, 0.15) is 5.69 Å². The molecule has 2 heterocycles. The quantitative estimate of drug-likeness (QED) is 0.769. The Kier molecular flexibility index (Phi) is 2.56. The van der Waals surface area contributed by atoms with Crippen molar-refractivity contribution in [1.29, 1.82) is 0 Å². The molecule has 0 spiro atoms. The highest BCUT2D eigenvalue weighted by atomic mass is 32.1. The van der Waals surface area contributed by atoms with Gasteiger partial charge in [-0.1, -0.05) is 0 Å². The highest BCUT2D eigenvalue weighted by Crippen LogP contribution is 2.21. The Hall–Kier alpha value is -0.940. The maximum absolute atomic E-state index is 4.34. The van der Waals surface area contributed by atoms with Crippen LogP contribution < -0.4 is 0 Å². The molecule has 0 aliphatic carbocycles. The number of nitrogens with zero attached hydrogens (tertiary/aromatic N) is 3. The fourth-order valence-electron chi connectivity index (χ4n) is 0.907. The molecule has 0 atom stereocenters. The summed E-state index contributed by atoms with van der Waals surface area (Å²) in [6, 6.07) is 0. The minimum absolute atomic E-state index is 0.663. The molecule has 0 aliphatic heterocycles. The van der Waals surface area contributed by atoms with Gasteiger partial charge in [-0.05, 0) is 0 Å². The van der Waals surface area contributed by atoms with E-state index in [0.717, 1.165) is 16.4 Å². The van der Waals surface area contributed by atoms with E-state index in [4.69, 9.17) is 0 Å². The van der Waals surface area contributed by atoms with E-state index in [1.165, 1.54) is 0 Å². The van der Waals surface area contributed by atoms with E-state index in [2.05, 4.69) is 27.6 Å². The highest BCUT2D eigenvalue weighted by molar-refractivity contribution is 7.79. The Bertz CT molecular complexity index is 385.